The molecular formula is C11H17N3O. The molecule has 1 aromatic rings. The average Bonchev–Trinajstić information content (AvgIpc) is 2.18. The SMILES string of the molecule is CC(C)(C)C(=O)NCCc1cnccn1. The maximum Gasteiger partial charge on any atom is 0.225 e. The summed E-state index contributed by atoms with van der Waals surface area (Å²) in [5, 5.41) is 2.86. The first-order chi connectivity index (χ1) is 7.00. The predicted octanol–water partition coefficient (Wildman–Crippen LogP) is 1.18. The third-order valence-corrected chi connectivity index (χ3v) is 1.96. The van der Waals surface area contributed by atoms with Crippen LogP contribution < -0.4 is 5.32 Å². The van der Waals surface area contributed by atoms with Crippen LogP contribution in [0.25, 0.3) is 0 Å². The fourth-order valence-corrected chi connectivity index (χ4v) is 1.03. The van der Waals surface area contributed by atoms with Crippen LogP contribution in [0.4, 0.5) is 0 Å². The van der Waals surface area contributed by atoms with Crippen molar-refractivity contribution in [1.82, 2.24) is 15.3 Å². The van der Waals surface area contributed by atoms with Crippen molar-refractivity contribution in [3.05, 3.63) is 24.3 Å². The van der Waals surface area contributed by atoms with Crippen molar-refractivity contribution in [2.75, 3.05) is 6.54 Å². The van der Waals surface area contributed by atoms with Gasteiger partial charge in [0.2, 0.25) is 5.91 Å². The second-order valence-electron chi connectivity index (χ2n) is 4.45. The minimum Gasteiger partial charge on any atom is -0.355 e. The Hall–Kier alpha value is -1.45. The summed E-state index contributed by atoms with van der Waals surface area (Å²) in [5.74, 6) is 0.0615. The largest absolute Gasteiger partial charge is 0.355 e. The van der Waals surface area contributed by atoms with E-state index in [4.69, 9.17) is 0 Å². The first kappa shape index (κ1) is 11.6. The van der Waals surface area contributed by atoms with Crippen LogP contribution in [-0.4, -0.2) is 22.4 Å². The van der Waals surface area contributed by atoms with E-state index in [1.807, 2.05) is 20.8 Å². The molecule has 0 unspecified atom stereocenters. The Bertz CT molecular complexity index is 316. The number of amides is 1. The highest BCUT2D eigenvalue weighted by molar-refractivity contribution is 5.81. The molecule has 0 fully saturated rings. The van der Waals surface area contributed by atoms with Gasteiger partial charge < -0.3 is 5.32 Å². The molecule has 1 heterocycles. The first-order valence-electron chi connectivity index (χ1n) is 5.03. The molecule has 1 N–H and O–H groups in total. The van der Waals surface area contributed by atoms with Gasteiger partial charge in [-0.25, -0.2) is 0 Å². The summed E-state index contributed by atoms with van der Waals surface area (Å²) >= 11 is 0. The fraction of sp³-hybridized carbons (Fsp3) is 0.545. The van der Waals surface area contributed by atoms with Crippen LogP contribution in [0, 0.1) is 5.41 Å². The predicted molar refractivity (Wildman–Crippen MR) is 58.2 cm³/mol. The second kappa shape index (κ2) is 4.87. The third-order valence-electron chi connectivity index (χ3n) is 1.96. The van der Waals surface area contributed by atoms with Crippen molar-refractivity contribution < 1.29 is 4.79 Å². The van der Waals surface area contributed by atoms with Crippen molar-refractivity contribution in [3.8, 4) is 0 Å². The number of aromatic nitrogens is 2. The number of nitrogens with one attached hydrogen (secondary N) is 1. The molecule has 4 nitrogen and oxygen atoms in total. The Morgan fingerprint density at radius 1 is 1.40 bits per heavy atom. The molecule has 1 amide bonds. The monoisotopic (exact) mass is 207 g/mol. The van der Waals surface area contributed by atoms with Crippen molar-refractivity contribution in [3.63, 3.8) is 0 Å². The quantitative estimate of drug-likeness (QED) is 0.809. The zero-order valence-electron chi connectivity index (χ0n) is 9.45. The van der Waals surface area contributed by atoms with Crippen LogP contribution in [0.2, 0.25) is 0 Å². The highest BCUT2D eigenvalue weighted by Crippen LogP contribution is 2.12. The summed E-state index contributed by atoms with van der Waals surface area (Å²) in [6.45, 7) is 6.29. The molecule has 0 spiro atoms. The van der Waals surface area contributed by atoms with Crippen LogP contribution in [0.3, 0.4) is 0 Å². The lowest BCUT2D eigenvalue weighted by molar-refractivity contribution is -0.128. The molecule has 1 rings (SSSR count). The molecule has 1 aromatic heterocycles. The summed E-state index contributed by atoms with van der Waals surface area (Å²) in [4.78, 5) is 19.6. The van der Waals surface area contributed by atoms with Gasteiger partial charge in [0.1, 0.15) is 0 Å². The van der Waals surface area contributed by atoms with Crippen LogP contribution in [0.15, 0.2) is 18.6 Å². The normalized spacial score (nSPS) is 11.1. The summed E-state index contributed by atoms with van der Waals surface area (Å²) in [5.41, 5.74) is 0.564. The molecule has 0 atom stereocenters. The number of hydrogen-bond donors (Lipinski definition) is 1. The van der Waals surface area contributed by atoms with E-state index in [1.165, 1.54) is 0 Å². The smallest absolute Gasteiger partial charge is 0.225 e. The summed E-state index contributed by atoms with van der Waals surface area (Å²) < 4.78 is 0. The highest BCUT2D eigenvalue weighted by atomic mass is 16.2. The van der Waals surface area contributed by atoms with Crippen molar-refractivity contribution >= 4 is 5.91 Å². The Balaban J connectivity index is 2.32. The van der Waals surface area contributed by atoms with Crippen LogP contribution in [0.5, 0.6) is 0 Å². The Morgan fingerprint density at radius 3 is 2.67 bits per heavy atom. The fourth-order valence-electron chi connectivity index (χ4n) is 1.03. The second-order valence-corrected chi connectivity index (χ2v) is 4.45. The number of carbonyl (C=O) groups excluding carboxylic acids is 1. The Morgan fingerprint density at radius 2 is 2.13 bits per heavy atom. The maximum absolute atomic E-state index is 11.5. The molecule has 0 saturated heterocycles. The molecule has 0 aliphatic heterocycles. The minimum atomic E-state index is -0.331. The van der Waals surface area contributed by atoms with Gasteiger partial charge >= 0.3 is 0 Å². The zero-order chi connectivity index (χ0) is 11.3. The maximum atomic E-state index is 11.5. The lowest BCUT2D eigenvalue weighted by Crippen LogP contribution is -2.36. The lowest BCUT2D eigenvalue weighted by atomic mass is 9.96. The highest BCUT2D eigenvalue weighted by Gasteiger charge is 2.20. The van der Waals surface area contributed by atoms with Gasteiger partial charge in [0.15, 0.2) is 0 Å². The van der Waals surface area contributed by atoms with Crippen LogP contribution >= 0.6 is 0 Å². The number of hydrogen-bond acceptors (Lipinski definition) is 3. The van der Waals surface area contributed by atoms with E-state index in [0.29, 0.717) is 6.54 Å². The molecule has 0 aliphatic carbocycles. The molecule has 0 aromatic carbocycles. The Kier molecular flexibility index (Phi) is 3.77. The summed E-state index contributed by atoms with van der Waals surface area (Å²) in [6, 6.07) is 0. The third kappa shape index (κ3) is 4.06. The molecule has 82 valence electrons. The number of carbonyl (C=O) groups is 1. The Labute approximate surface area is 90.1 Å². The van der Waals surface area contributed by atoms with Crippen molar-refractivity contribution in [2.24, 2.45) is 5.41 Å². The van der Waals surface area contributed by atoms with E-state index in [0.717, 1.165) is 12.1 Å². The topological polar surface area (TPSA) is 54.9 Å². The molecule has 0 aliphatic rings. The molecule has 0 bridgehead atoms. The van der Waals surface area contributed by atoms with E-state index in [2.05, 4.69) is 15.3 Å². The van der Waals surface area contributed by atoms with Crippen molar-refractivity contribution in [1.29, 1.82) is 0 Å². The number of rotatable bonds is 3. The van der Waals surface area contributed by atoms with E-state index in [9.17, 15) is 4.79 Å². The van der Waals surface area contributed by atoms with Gasteiger partial charge in [-0.2, -0.15) is 0 Å². The van der Waals surface area contributed by atoms with Gasteiger partial charge in [0.25, 0.3) is 0 Å². The lowest BCUT2D eigenvalue weighted by Gasteiger charge is -2.17. The van der Waals surface area contributed by atoms with E-state index in [-0.39, 0.29) is 11.3 Å². The van der Waals surface area contributed by atoms with Gasteiger partial charge in [-0.05, 0) is 0 Å². The zero-order valence-corrected chi connectivity index (χ0v) is 9.45. The molecule has 0 saturated carbocycles. The van der Waals surface area contributed by atoms with Crippen LogP contribution in [0.1, 0.15) is 26.5 Å². The van der Waals surface area contributed by atoms with E-state index < -0.39 is 0 Å². The summed E-state index contributed by atoms with van der Waals surface area (Å²) in [6.07, 6.45) is 5.72. The standard InChI is InChI=1S/C11H17N3O/c1-11(2,3)10(15)14-5-4-9-8-12-6-7-13-9/h6-8H,4-5H2,1-3H3,(H,14,15). The first-order valence-corrected chi connectivity index (χ1v) is 5.03. The minimum absolute atomic E-state index is 0.0615. The van der Waals surface area contributed by atoms with Gasteiger partial charge in [-0.1, -0.05) is 20.8 Å². The van der Waals surface area contributed by atoms with E-state index in [1.54, 1.807) is 18.6 Å². The van der Waals surface area contributed by atoms with Crippen LogP contribution in [-0.2, 0) is 11.2 Å². The van der Waals surface area contributed by atoms with Gasteiger partial charge in [-0.15, -0.1) is 0 Å². The van der Waals surface area contributed by atoms with Gasteiger partial charge in [-0.3, -0.25) is 14.8 Å². The van der Waals surface area contributed by atoms with Crippen molar-refractivity contribution in [2.45, 2.75) is 27.2 Å². The number of nitrogens with zero attached hydrogens (tertiary/aromatic N) is 2. The molecular weight excluding hydrogens is 190 g/mol. The average molecular weight is 207 g/mol. The summed E-state index contributed by atoms with van der Waals surface area (Å²) in [7, 11) is 0. The van der Waals surface area contributed by atoms with Gasteiger partial charge in [0.05, 0.1) is 5.69 Å². The van der Waals surface area contributed by atoms with E-state index >= 15 is 0 Å². The molecule has 15 heavy (non-hydrogen) atoms. The molecule has 4 heteroatoms. The van der Waals surface area contributed by atoms with Gasteiger partial charge in [0, 0.05) is 37.0 Å². The molecule has 0 radical (unpaired) electrons.